The minimum absolute atomic E-state index is 0.0378. The Morgan fingerprint density at radius 2 is 2.17 bits per heavy atom. The van der Waals surface area contributed by atoms with Gasteiger partial charge in [0.15, 0.2) is 0 Å². The third-order valence-electron chi connectivity index (χ3n) is 1.63. The van der Waals surface area contributed by atoms with E-state index in [1.807, 2.05) is 26.0 Å². The summed E-state index contributed by atoms with van der Waals surface area (Å²) in [4.78, 5) is 4.19. The van der Waals surface area contributed by atoms with Gasteiger partial charge in [0.2, 0.25) is 0 Å². The summed E-state index contributed by atoms with van der Waals surface area (Å²) in [6.07, 6.45) is 0. The molecule has 3 nitrogen and oxygen atoms in total. The quantitative estimate of drug-likeness (QED) is 0.682. The molecule has 1 heterocycles. The molecule has 0 aromatic carbocycles. The molecule has 0 bridgehead atoms. The van der Waals surface area contributed by atoms with Crippen molar-refractivity contribution in [3.8, 4) is 0 Å². The van der Waals surface area contributed by atoms with E-state index in [9.17, 15) is 0 Å². The van der Waals surface area contributed by atoms with E-state index in [1.165, 1.54) is 0 Å². The van der Waals surface area contributed by atoms with Crippen LogP contribution in [0, 0.1) is 0 Å². The maximum absolute atomic E-state index is 8.82. The lowest BCUT2D eigenvalue weighted by Gasteiger charge is -2.17. The lowest BCUT2D eigenvalue weighted by Crippen LogP contribution is -2.30. The van der Waals surface area contributed by atoms with Crippen LogP contribution in [-0.4, -0.2) is 10.1 Å². The number of nitrogens with two attached hydrogens (primary N) is 1. The third kappa shape index (κ3) is 2.03. The molecule has 0 spiro atoms. The first-order valence-corrected chi connectivity index (χ1v) is 3.90. The van der Waals surface area contributed by atoms with Crippen molar-refractivity contribution in [1.29, 1.82) is 0 Å². The van der Waals surface area contributed by atoms with Crippen LogP contribution >= 0.6 is 0 Å². The van der Waals surface area contributed by atoms with Crippen molar-refractivity contribution in [2.75, 3.05) is 0 Å². The molecular weight excluding hydrogens is 152 g/mol. The Bertz CT molecular complexity index is 265. The highest BCUT2D eigenvalue weighted by atomic mass is 16.3. The number of aromatic nitrogens is 1. The zero-order chi connectivity index (χ0) is 9.19. The Kier molecular flexibility index (Phi) is 2.45. The van der Waals surface area contributed by atoms with E-state index in [-0.39, 0.29) is 6.61 Å². The van der Waals surface area contributed by atoms with E-state index in [1.54, 1.807) is 6.07 Å². The Balaban J connectivity index is 3.02. The summed E-state index contributed by atoms with van der Waals surface area (Å²) in [5.41, 5.74) is 6.86. The van der Waals surface area contributed by atoms with Gasteiger partial charge in [-0.1, -0.05) is 6.07 Å². The molecule has 1 aromatic rings. The second-order valence-corrected chi connectivity index (χ2v) is 3.39. The SMILES string of the molecule is CC(C)(N)c1cccc(CO)n1. The fraction of sp³-hybridized carbons (Fsp3) is 0.444. The van der Waals surface area contributed by atoms with E-state index in [4.69, 9.17) is 10.8 Å². The summed E-state index contributed by atoms with van der Waals surface area (Å²) in [7, 11) is 0. The number of aliphatic hydroxyl groups is 1. The third-order valence-corrected chi connectivity index (χ3v) is 1.63. The molecule has 0 saturated carbocycles. The minimum atomic E-state index is -0.439. The Morgan fingerprint density at radius 3 is 2.67 bits per heavy atom. The van der Waals surface area contributed by atoms with Gasteiger partial charge >= 0.3 is 0 Å². The number of nitrogens with zero attached hydrogens (tertiary/aromatic N) is 1. The predicted octanol–water partition coefficient (Wildman–Crippen LogP) is 0.768. The van der Waals surface area contributed by atoms with Gasteiger partial charge in [-0.05, 0) is 26.0 Å². The van der Waals surface area contributed by atoms with Crippen molar-refractivity contribution < 1.29 is 5.11 Å². The van der Waals surface area contributed by atoms with Crippen LogP contribution in [0.3, 0.4) is 0 Å². The van der Waals surface area contributed by atoms with Gasteiger partial charge in [-0.2, -0.15) is 0 Å². The van der Waals surface area contributed by atoms with Gasteiger partial charge in [-0.25, -0.2) is 0 Å². The summed E-state index contributed by atoms with van der Waals surface area (Å²) >= 11 is 0. The highest BCUT2D eigenvalue weighted by Crippen LogP contribution is 2.13. The Hall–Kier alpha value is -0.930. The summed E-state index contributed by atoms with van der Waals surface area (Å²) < 4.78 is 0. The monoisotopic (exact) mass is 166 g/mol. The van der Waals surface area contributed by atoms with Gasteiger partial charge in [-0.15, -0.1) is 0 Å². The summed E-state index contributed by atoms with van der Waals surface area (Å²) in [5.74, 6) is 0. The summed E-state index contributed by atoms with van der Waals surface area (Å²) in [6.45, 7) is 3.73. The van der Waals surface area contributed by atoms with Crippen molar-refractivity contribution in [3.05, 3.63) is 29.6 Å². The van der Waals surface area contributed by atoms with Crippen LogP contribution in [0.1, 0.15) is 25.2 Å². The van der Waals surface area contributed by atoms with E-state index in [2.05, 4.69) is 4.98 Å². The Labute approximate surface area is 72.2 Å². The zero-order valence-corrected chi connectivity index (χ0v) is 7.41. The van der Waals surface area contributed by atoms with Crippen molar-refractivity contribution in [2.45, 2.75) is 26.0 Å². The number of hydrogen-bond donors (Lipinski definition) is 2. The molecule has 0 aliphatic carbocycles. The normalized spacial score (nSPS) is 11.7. The number of rotatable bonds is 2. The van der Waals surface area contributed by atoms with E-state index >= 15 is 0 Å². The number of aliphatic hydroxyl groups excluding tert-OH is 1. The summed E-state index contributed by atoms with van der Waals surface area (Å²) in [6, 6.07) is 5.48. The van der Waals surface area contributed by atoms with Crippen molar-refractivity contribution >= 4 is 0 Å². The first-order valence-electron chi connectivity index (χ1n) is 3.90. The van der Waals surface area contributed by atoms with Gasteiger partial charge in [0, 0.05) is 0 Å². The molecule has 0 radical (unpaired) electrons. The second-order valence-electron chi connectivity index (χ2n) is 3.39. The summed E-state index contributed by atoms with van der Waals surface area (Å²) in [5, 5.41) is 8.82. The molecule has 0 atom stereocenters. The maximum atomic E-state index is 8.82. The lowest BCUT2D eigenvalue weighted by molar-refractivity contribution is 0.276. The fourth-order valence-electron chi connectivity index (χ4n) is 0.927. The van der Waals surface area contributed by atoms with E-state index in [0.717, 1.165) is 5.69 Å². The van der Waals surface area contributed by atoms with Crippen LogP contribution in [0.25, 0.3) is 0 Å². The fourth-order valence-corrected chi connectivity index (χ4v) is 0.927. The maximum Gasteiger partial charge on any atom is 0.0853 e. The molecule has 0 aliphatic heterocycles. The van der Waals surface area contributed by atoms with Crippen LogP contribution in [0.4, 0.5) is 0 Å². The van der Waals surface area contributed by atoms with Crippen molar-refractivity contribution in [3.63, 3.8) is 0 Å². The van der Waals surface area contributed by atoms with Crippen molar-refractivity contribution in [2.24, 2.45) is 5.73 Å². The molecule has 66 valence electrons. The van der Waals surface area contributed by atoms with Crippen LogP contribution in [0.15, 0.2) is 18.2 Å². The number of hydrogen-bond acceptors (Lipinski definition) is 3. The first-order chi connectivity index (χ1) is 5.54. The molecule has 3 N–H and O–H groups in total. The molecule has 0 unspecified atom stereocenters. The van der Waals surface area contributed by atoms with Crippen LogP contribution in [0.2, 0.25) is 0 Å². The highest BCUT2D eigenvalue weighted by molar-refractivity contribution is 5.16. The van der Waals surface area contributed by atoms with Gasteiger partial charge in [-0.3, -0.25) is 4.98 Å². The number of pyridine rings is 1. The second kappa shape index (κ2) is 3.21. The molecular formula is C9H14N2O. The molecule has 0 saturated heterocycles. The molecule has 0 amide bonds. The van der Waals surface area contributed by atoms with E-state index < -0.39 is 5.54 Å². The Morgan fingerprint density at radius 1 is 1.50 bits per heavy atom. The zero-order valence-electron chi connectivity index (χ0n) is 7.41. The van der Waals surface area contributed by atoms with Gasteiger partial charge < -0.3 is 10.8 Å². The van der Waals surface area contributed by atoms with E-state index in [0.29, 0.717) is 5.69 Å². The van der Waals surface area contributed by atoms with Gasteiger partial charge in [0.1, 0.15) is 0 Å². The molecule has 0 fully saturated rings. The first kappa shape index (κ1) is 9.16. The van der Waals surface area contributed by atoms with Gasteiger partial charge in [0.05, 0.1) is 23.5 Å². The van der Waals surface area contributed by atoms with Crippen LogP contribution in [0.5, 0.6) is 0 Å². The van der Waals surface area contributed by atoms with Crippen LogP contribution < -0.4 is 5.73 Å². The average Bonchev–Trinajstić information content (AvgIpc) is 2.03. The van der Waals surface area contributed by atoms with Crippen molar-refractivity contribution in [1.82, 2.24) is 4.98 Å². The largest absolute Gasteiger partial charge is 0.390 e. The highest BCUT2D eigenvalue weighted by Gasteiger charge is 2.15. The van der Waals surface area contributed by atoms with Gasteiger partial charge in [0.25, 0.3) is 0 Å². The molecule has 3 heteroatoms. The van der Waals surface area contributed by atoms with Crippen LogP contribution in [-0.2, 0) is 12.1 Å². The molecule has 1 aromatic heterocycles. The molecule has 12 heavy (non-hydrogen) atoms. The topological polar surface area (TPSA) is 59.1 Å². The smallest absolute Gasteiger partial charge is 0.0853 e. The lowest BCUT2D eigenvalue weighted by atomic mass is 10.0. The average molecular weight is 166 g/mol. The standard InChI is InChI=1S/C9H14N2O/c1-9(2,10)8-5-3-4-7(6-12)11-8/h3-5,12H,6,10H2,1-2H3. The predicted molar refractivity (Wildman–Crippen MR) is 47.4 cm³/mol. The minimum Gasteiger partial charge on any atom is -0.390 e. The molecule has 1 rings (SSSR count). The molecule has 0 aliphatic rings.